The lowest BCUT2D eigenvalue weighted by molar-refractivity contribution is -0.141. The number of hydrogen-bond donors (Lipinski definition) is 1. The van der Waals surface area contributed by atoms with Crippen LogP contribution in [0.1, 0.15) is 69.2 Å². The van der Waals surface area contributed by atoms with E-state index in [1.807, 2.05) is 75.4 Å². The minimum absolute atomic E-state index is 0.0297. The largest absolute Gasteiger partial charge is 0.350 e. The Labute approximate surface area is 230 Å². The second-order valence-corrected chi connectivity index (χ2v) is 11.9. The predicted molar refractivity (Wildman–Crippen MR) is 155 cm³/mol. The molecule has 196 valence electrons. The van der Waals surface area contributed by atoms with Crippen molar-refractivity contribution in [1.82, 2.24) is 10.2 Å². The molecule has 3 rings (SSSR count). The van der Waals surface area contributed by atoms with Gasteiger partial charge in [0.2, 0.25) is 11.8 Å². The highest BCUT2D eigenvalue weighted by Crippen LogP contribution is 2.21. The number of rotatable bonds is 10. The average molecular weight is 564 g/mol. The summed E-state index contributed by atoms with van der Waals surface area (Å²) >= 11 is 3.54. The maximum atomic E-state index is 13.8. The van der Waals surface area contributed by atoms with Crippen molar-refractivity contribution in [3.63, 3.8) is 0 Å². The van der Waals surface area contributed by atoms with E-state index in [1.165, 1.54) is 5.56 Å². The average Bonchev–Trinajstić information content (AvgIpc) is 2.84. The van der Waals surface area contributed by atoms with Crippen molar-refractivity contribution in [2.45, 2.75) is 77.9 Å². The number of carbonyl (C=O) groups is 2. The number of amides is 2. The van der Waals surface area contributed by atoms with Crippen LogP contribution >= 0.6 is 15.9 Å². The van der Waals surface area contributed by atoms with Gasteiger partial charge in [-0.25, -0.2) is 0 Å². The summed E-state index contributed by atoms with van der Waals surface area (Å²) < 4.78 is 0.946. The van der Waals surface area contributed by atoms with E-state index >= 15 is 0 Å². The summed E-state index contributed by atoms with van der Waals surface area (Å²) in [5.74, 6) is 0.301. The molecule has 0 bridgehead atoms. The first kappa shape index (κ1) is 28.6. The Morgan fingerprint density at radius 1 is 0.865 bits per heavy atom. The topological polar surface area (TPSA) is 49.4 Å². The first-order chi connectivity index (χ1) is 17.5. The molecule has 3 aromatic rings. The highest BCUT2D eigenvalue weighted by molar-refractivity contribution is 9.10. The molecule has 0 spiro atoms. The van der Waals surface area contributed by atoms with Gasteiger partial charge in [0.25, 0.3) is 0 Å². The van der Waals surface area contributed by atoms with Crippen molar-refractivity contribution in [3.05, 3.63) is 106 Å². The maximum Gasteiger partial charge on any atom is 0.243 e. The molecule has 1 N–H and O–H groups in total. The van der Waals surface area contributed by atoms with Gasteiger partial charge in [0.15, 0.2) is 0 Å². The summed E-state index contributed by atoms with van der Waals surface area (Å²) in [5, 5.41) is 3.12. The molecule has 0 aliphatic heterocycles. The van der Waals surface area contributed by atoms with Crippen LogP contribution in [-0.2, 0) is 29.0 Å². The van der Waals surface area contributed by atoms with Crippen LogP contribution in [0.3, 0.4) is 0 Å². The van der Waals surface area contributed by atoms with E-state index in [0.717, 1.165) is 21.2 Å². The van der Waals surface area contributed by atoms with E-state index in [0.29, 0.717) is 31.7 Å². The van der Waals surface area contributed by atoms with Gasteiger partial charge < -0.3 is 10.2 Å². The molecular weight excluding hydrogens is 524 g/mol. The predicted octanol–water partition coefficient (Wildman–Crippen LogP) is 7.06. The quantitative estimate of drug-likeness (QED) is 0.287. The van der Waals surface area contributed by atoms with Crippen LogP contribution in [0.25, 0.3) is 0 Å². The molecule has 0 saturated heterocycles. The first-order valence-corrected chi connectivity index (χ1v) is 13.8. The minimum atomic E-state index is -0.628. The summed E-state index contributed by atoms with van der Waals surface area (Å²) in [6.45, 7) is 10.6. The Morgan fingerprint density at radius 3 is 2.11 bits per heavy atom. The lowest BCUT2D eigenvalue weighted by Crippen LogP contribution is -2.54. The second-order valence-electron chi connectivity index (χ2n) is 11.0. The fraction of sp³-hybridized carbons (Fsp3) is 0.375. The molecule has 0 aliphatic carbocycles. The zero-order valence-electron chi connectivity index (χ0n) is 22.6. The molecule has 0 heterocycles. The summed E-state index contributed by atoms with van der Waals surface area (Å²) in [6.07, 6.45) is 1.42. The van der Waals surface area contributed by atoms with Gasteiger partial charge in [-0.15, -0.1) is 0 Å². The molecule has 1 atom stereocenters. The molecule has 0 fully saturated rings. The number of carbonyl (C=O) groups excluding carboxylic acids is 2. The fourth-order valence-electron chi connectivity index (χ4n) is 4.30. The number of nitrogens with one attached hydrogen (secondary N) is 1. The fourth-order valence-corrected chi connectivity index (χ4v) is 4.75. The van der Waals surface area contributed by atoms with Crippen LogP contribution in [-0.4, -0.2) is 28.3 Å². The summed E-state index contributed by atoms with van der Waals surface area (Å²) in [7, 11) is 0. The van der Waals surface area contributed by atoms with Crippen molar-refractivity contribution < 1.29 is 9.59 Å². The minimum Gasteiger partial charge on any atom is -0.350 e. The molecule has 3 aromatic carbocycles. The number of nitrogens with zero attached hydrogens (tertiary/aromatic N) is 1. The third kappa shape index (κ3) is 9.15. The van der Waals surface area contributed by atoms with Crippen LogP contribution in [0, 0.1) is 0 Å². The van der Waals surface area contributed by atoms with Gasteiger partial charge in [0.05, 0.1) is 0 Å². The van der Waals surface area contributed by atoms with Gasteiger partial charge in [0, 0.05) is 29.4 Å². The van der Waals surface area contributed by atoms with E-state index in [9.17, 15) is 9.59 Å². The lowest BCUT2D eigenvalue weighted by Gasteiger charge is -2.34. The van der Waals surface area contributed by atoms with Crippen LogP contribution in [0.15, 0.2) is 83.3 Å². The summed E-state index contributed by atoms with van der Waals surface area (Å²) in [4.78, 5) is 29.2. The van der Waals surface area contributed by atoms with Crippen molar-refractivity contribution in [2.75, 3.05) is 0 Å². The second kappa shape index (κ2) is 13.0. The Balaban J connectivity index is 1.90. The highest BCUT2D eigenvalue weighted by Gasteiger charge is 2.32. The van der Waals surface area contributed by atoms with Crippen LogP contribution in [0.4, 0.5) is 0 Å². The molecule has 5 heteroatoms. The first-order valence-electron chi connectivity index (χ1n) is 13.0. The maximum absolute atomic E-state index is 13.8. The van der Waals surface area contributed by atoms with Gasteiger partial charge in [0.1, 0.15) is 6.04 Å². The molecule has 0 saturated carbocycles. The number of halogens is 1. The van der Waals surface area contributed by atoms with E-state index in [2.05, 4.69) is 59.4 Å². The number of benzene rings is 3. The van der Waals surface area contributed by atoms with Gasteiger partial charge in [-0.2, -0.15) is 0 Å². The van der Waals surface area contributed by atoms with Crippen molar-refractivity contribution in [1.29, 1.82) is 0 Å². The van der Waals surface area contributed by atoms with E-state index in [4.69, 9.17) is 0 Å². The number of aryl methyl sites for hydroxylation is 1. The van der Waals surface area contributed by atoms with E-state index < -0.39 is 11.6 Å². The molecular formula is C32H39BrN2O2. The Hall–Kier alpha value is -2.92. The third-order valence-electron chi connectivity index (χ3n) is 6.29. The summed E-state index contributed by atoms with van der Waals surface area (Å²) in [6, 6.07) is 25.7. The van der Waals surface area contributed by atoms with Crippen LogP contribution in [0.5, 0.6) is 0 Å². The molecule has 0 radical (unpaired) electrons. The standard InChI is InChI=1S/C32H39BrN2O2/c1-23(2)27-17-14-24(15-18-27)16-19-30(36)35(22-26-12-9-13-28(33)20-26)29(31(37)34-32(3,4)5)21-25-10-7-6-8-11-25/h6-15,17-18,20,23,29H,16,19,21-22H2,1-5H3,(H,34,37)/t29-/m0/s1. The summed E-state index contributed by atoms with van der Waals surface area (Å²) in [5.41, 5.74) is 4.00. The molecule has 37 heavy (non-hydrogen) atoms. The molecule has 2 amide bonds. The van der Waals surface area contributed by atoms with E-state index in [1.54, 1.807) is 4.90 Å². The van der Waals surface area contributed by atoms with Crippen LogP contribution < -0.4 is 5.32 Å². The Bertz CT molecular complexity index is 1170. The molecule has 0 aliphatic rings. The number of hydrogen-bond acceptors (Lipinski definition) is 2. The lowest BCUT2D eigenvalue weighted by atomic mass is 9.98. The Kier molecular flexibility index (Phi) is 10.1. The van der Waals surface area contributed by atoms with Gasteiger partial charge >= 0.3 is 0 Å². The van der Waals surface area contributed by atoms with Crippen molar-refractivity contribution in [3.8, 4) is 0 Å². The van der Waals surface area contributed by atoms with Crippen LogP contribution in [0.2, 0.25) is 0 Å². The monoisotopic (exact) mass is 562 g/mol. The van der Waals surface area contributed by atoms with E-state index in [-0.39, 0.29) is 11.8 Å². The van der Waals surface area contributed by atoms with Gasteiger partial charge in [-0.1, -0.05) is 96.5 Å². The molecule has 0 aromatic heterocycles. The third-order valence-corrected chi connectivity index (χ3v) is 6.78. The SMILES string of the molecule is CC(C)c1ccc(CCC(=O)N(Cc2cccc(Br)c2)[C@@H](Cc2ccccc2)C(=O)NC(C)(C)C)cc1. The zero-order valence-corrected chi connectivity index (χ0v) is 24.2. The zero-order chi connectivity index (χ0) is 27.0. The van der Waals surface area contributed by atoms with Crippen molar-refractivity contribution in [2.24, 2.45) is 0 Å². The van der Waals surface area contributed by atoms with Gasteiger partial charge in [-0.3, -0.25) is 9.59 Å². The van der Waals surface area contributed by atoms with Crippen molar-refractivity contribution >= 4 is 27.7 Å². The van der Waals surface area contributed by atoms with Gasteiger partial charge in [-0.05, 0) is 67.5 Å². The Morgan fingerprint density at radius 2 is 1.51 bits per heavy atom. The highest BCUT2D eigenvalue weighted by atomic mass is 79.9. The molecule has 4 nitrogen and oxygen atoms in total. The molecule has 0 unspecified atom stereocenters. The normalized spacial score (nSPS) is 12.3. The smallest absolute Gasteiger partial charge is 0.243 e.